The number of hydrazine groups is 1. The molecular weight excluding hydrogens is 214 g/mol. The van der Waals surface area contributed by atoms with Crippen LogP contribution in [0.5, 0.6) is 0 Å². The molecule has 0 amide bonds. The Morgan fingerprint density at radius 2 is 2.24 bits per heavy atom. The Kier molecular flexibility index (Phi) is 3.59. The molecule has 17 heavy (non-hydrogen) atoms. The van der Waals surface area contributed by atoms with Crippen molar-refractivity contribution < 1.29 is 0 Å². The molecule has 1 saturated heterocycles. The van der Waals surface area contributed by atoms with E-state index >= 15 is 0 Å². The number of aromatic nitrogens is 2. The third-order valence-corrected chi connectivity index (χ3v) is 3.31. The molecule has 1 aromatic heterocycles. The van der Waals surface area contributed by atoms with E-state index in [2.05, 4.69) is 34.1 Å². The minimum atomic E-state index is 0.614. The predicted octanol–water partition coefficient (Wildman–Crippen LogP) is 1.30. The van der Waals surface area contributed by atoms with Crippen molar-refractivity contribution in [1.82, 2.24) is 14.9 Å². The van der Waals surface area contributed by atoms with E-state index in [1.165, 1.54) is 6.42 Å². The van der Waals surface area contributed by atoms with Gasteiger partial charge in [0.1, 0.15) is 11.6 Å². The lowest BCUT2D eigenvalue weighted by Crippen LogP contribution is -2.28. The fourth-order valence-electron chi connectivity index (χ4n) is 2.56. The van der Waals surface area contributed by atoms with Crippen molar-refractivity contribution in [2.45, 2.75) is 39.8 Å². The van der Waals surface area contributed by atoms with Gasteiger partial charge in [0.15, 0.2) is 0 Å². The minimum absolute atomic E-state index is 0.614. The molecule has 0 aliphatic carbocycles. The Labute approximate surface area is 102 Å². The van der Waals surface area contributed by atoms with Gasteiger partial charge in [-0.05, 0) is 26.2 Å². The molecule has 1 aromatic rings. The van der Waals surface area contributed by atoms with Gasteiger partial charge in [-0.25, -0.2) is 15.8 Å². The summed E-state index contributed by atoms with van der Waals surface area (Å²) in [6, 6.07) is 2.46. The van der Waals surface area contributed by atoms with E-state index in [4.69, 9.17) is 5.84 Å². The lowest BCUT2D eigenvalue weighted by Gasteiger charge is -2.20. The highest BCUT2D eigenvalue weighted by Gasteiger charge is 2.26. The Morgan fingerprint density at radius 3 is 2.82 bits per heavy atom. The second kappa shape index (κ2) is 4.98. The van der Waals surface area contributed by atoms with Gasteiger partial charge in [0.05, 0.1) is 6.54 Å². The topological polar surface area (TPSA) is 67.1 Å². The molecule has 0 spiro atoms. The first-order chi connectivity index (χ1) is 8.08. The number of nitrogen functional groups attached to an aromatic ring is 1. The summed E-state index contributed by atoms with van der Waals surface area (Å²) < 4.78 is 0. The Hall–Kier alpha value is -1.20. The van der Waals surface area contributed by atoms with Gasteiger partial charge in [0, 0.05) is 24.3 Å². The van der Waals surface area contributed by atoms with E-state index < -0.39 is 0 Å². The van der Waals surface area contributed by atoms with Crippen LogP contribution in [0.2, 0.25) is 0 Å². The lowest BCUT2D eigenvalue weighted by molar-refractivity contribution is 0.250. The zero-order valence-corrected chi connectivity index (χ0v) is 10.8. The average Bonchev–Trinajstić information content (AvgIpc) is 2.56. The van der Waals surface area contributed by atoms with E-state index in [9.17, 15) is 0 Å². The fourth-order valence-corrected chi connectivity index (χ4v) is 2.56. The van der Waals surface area contributed by atoms with Gasteiger partial charge in [-0.3, -0.25) is 4.90 Å². The average molecular weight is 235 g/mol. The third-order valence-electron chi connectivity index (χ3n) is 3.31. The van der Waals surface area contributed by atoms with Crippen LogP contribution in [0.4, 0.5) is 5.82 Å². The van der Waals surface area contributed by atoms with E-state index in [0.29, 0.717) is 11.9 Å². The number of anilines is 1. The number of aryl methyl sites for hydroxylation is 1. The van der Waals surface area contributed by atoms with E-state index in [-0.39, 0.29) is 0 Å². The number of hydrogen-bond donors (Lipinski definition) is 2. The predicted molar refractivity (Wildman–Crippen MR) is 68.2 cm³/mol. The number of rotatable bonds is 3. The van der Waals surface area contributed by atoms with E-state index in [1.54, 1.807) is 0 Å². The standard InChI is InChI=1S/C12H21N5/c1-8-4-10(3)17(6-8)7-12-14-9(2)5-11(15-12)16-13/h5,8,10H,4,6-7,13H2,1-3H3,(H,14,15,16). The van der Waals surface area contributed by atoms with Gasteiger partial charge in [-0.1, -0.05) is 6.92 Å². The van der Waals surface area contributed by atoms with Crippen LogP contribution in [0.1, 0.15) is 31.8 Å². The van der Waals surface area contributed by atoms with Crippen molar-refractivity contribution in [3.8, 4) is 0 Å². The smallest absolute Gasteiger partial charge is 0.145 e. The van der Waals surface area contributed by atoms with Crippen molar-refractivity contribution in [2.75, 3.05) is 12.0 Å². The summed E-state index contributed by atoms with van der Waals surface area (Å²) in [7, 11) is 0. The number of nitrogens with zero attached hydrogens (tertiary/aromatic N) is 3. The lowest BCUT2D eigenvalue weighted by atomic mass is 10.1. The van der Waals surface area contributed by atoms with Crippen LogP contribution < -0.4 is 11.3 Å². The molecule has 1 aliphatic heterocycles. The molecule has 2 atom stereocenters. The van der Waals surface area contributed by atoms with Crippen molar-refractivity contribution in [1.29, 1.82) is 0 Å². The van der Waals surface area contributed by atoms with Crippen LogP contribution in [0.15, 0.2) is 6.07 Å². The third kappa shape index (κ3) is 2.92. The molecule has 2 heterocycles. The monoisotopic (exact) mass is 235 g/mol. The first-order valence-corrected chi connectivity index (χ1v) is 6.13. The minimum Gasteiger partial charge on any atom is -0.308 e. The maximum absolute atomic E-state index is 5.39. The van der Waals surface area contributed by atoms with Gasteiger partial charge in [0.25, 0.3) is 0 Å². The van der Waals surface area contributed by atoms with Gasteiger partial charge in [-0.15, -0.1) is 0 Å². The summed E-state index contributed by atoms with van der Waals surface area (Å²) in [5.41, 5.74) is 3.53. The largest absolute Gasteiger partial charge is 0.308 e. The normalized spacial score (nSPS) is 25.2. The highest BCUT2D eigenvalue weighted by Crippen LogP contribution is 2.23. The summed E-state index contributed by atoms with van der Waals surface area (Å²) in [6.45, 7) is 8.45. The molecule has 5 nitrogen and oxygen atoms in total. The molecule has 1 fully saturated rings. The maximum Gasteiger partial charge on any atom is 0.145 e. The van der Waals surface area contributed by atoms with Crippen LogP contribution in [0.25, 0.3) is 0 Å². The Bertz CT molecular complexity index is 392. The van der Waals surface area contributed by atoms with Crippen LogP contribution in [-0.4, -0.2) is 27.5 Å². The molecule has 0 radical (unpaired) electrons. The number of hydrogen-bond acceptors (Lipinski definition) is 5. The van der Waals surface area contributed by atoms with Crippen molar-refractivity contribution in [3.63, 3.8) is 0 Å². The van der Waals surface area contributed by atoms with Crippen LogP contribution in [-0.2, 0) is 6.54 Å². The zero-order chi connectivity index (χ0) is 12.4. The molecule has 5 heteroatoms. The van der Waals surface area contributed by atoms with Crippen LogP contribution in [0, 0.1) is 12.8 Å². The van der Waals surface area contributed by atoms with Crippen molar-refractivity contribution in [3.05, 3.63) is 17.6 Å². The first-order valence-electron chi connectivity index (χ1n) is 6.13. The van der Waals surface area contributed by atoms with Gasteiger partial charge in [0.2, 0.25) is 0 Å². The molecule has 0 aromatic carbocycles. The summed E-state index contributed by atoms with van der Waals surface area (Å²) in [4.78, 5) is 11.3. The highest BCUT2D eigenvalue weighted by atomic mass is 15.3. The van der Waals surface area contributed by atoms with Gasteiger partial charge in [-0.2, -0.15) is 0 Å². The van der Waals surface area contributed by atoms with E-state index in [1.807, 2.05) is 13.0 Å². The quantitative estimate of drug-likeness (QED) is 0.610. The summed E-state index contributed by atoms with van der Waals surface area (Å²) in [5.74, 6) is 7.69. The van der Waals surface area contributed by atoms with Gasteiger partial charge < -0.3 is 5.43 Å². The van der Waals surface area contributed by atoms with E-state index in [0.717, 1.165) is 30.5 Å². The molecule has 3 N–H and O–H groups in total. The second-order valence-electron chi connectivity index (χ2n) is 5.07. The first kappa shape index (κ1) is 12.3. The van der Waals surface area contributed by atoms with Crippen molar-refractivity contribution in [2.24, 2.45) is 11.8 Å². The zero-order valence-electron chi connectivity index (χ0n) is 10.8. The summed E-state index contributed by atoms with van der Waals surface area (Å²) in [6.07, 6.45) is 1.26. The van der Waals surface area contributed by atoms with Crippen molar-refractivity contribution >= 4 is 5.82 Å². The number of nitrogens with two attached hydrogens (primary N) is 1. The maximum atomic E-state index is 5.39. The molecule has 1 aliphatic rings. The number of likely N-dealkylation sites (tertiary alicyclic amines) is 1. The van der Waals surface area contributed by atoms with Gasteiger partial charge >= 0.3 is 0 Å². The molecule has 2 rings (SSSR count). The molecule has 2 unspecified atom stereocenters. The number of nitrogens with one attached hydrogen (secondary N) is 1. The Balaban J connectivity index is 2.10. The summed E-state index contributed by atoms with van der Waals surface area (Å²) >= 11 is 0. The SMILES string of the molecule is Cc1cc(NN)nc(CN2CC(C)CC2C)n1. The Morgan fingerprint density at radius 1 is 1.47 bits per heavy atom. The molecule has 0 bridgehead atoms. The molecule has 0 saturated carbocycles. The second-order valence-corrected chi connectivity index (χ2v) is 5.07. The van der Waals surface area contributed by atoms with Crippen LogP contribution in [0.3, 0.4) is 0 Å². The fraction of sp³-hybridized carbons (Fsp3) is 0.667. The molecule has 94 valence electrons. The highest BCUT2D eigenvalue weighted by molar-refractivity contribution is 5.33. The molecular formula is C12H21N5. The van der Waals surface area contributed by atoms with Crippen LogP contribution >= 0.6 is 0 Å². The summed E-state index contributed by atoms with van der Waals surface area (Å²) in [5, 5.41) is 0.